The van der Waals surface area contributed by atoms with Crippen LogP contribution in [0.3, 0.4) is 0 Å². The van der Waals surface area contributed by atoms with Crippen LogP contribution in [0.15, 0.2) is 54.7 Å². The fourth-order valence-electron chi connectivity index (χ4n) is 4.19. The van der Waals surface area contributed by atoms with Gasteiger partial charge in [0.1, 0.15) is 13.2 Å². The number of aryl methyl sites for hydroxylation is 2. The lowest BCUT2D eigenvalue weighted by Crippen LogP contribution is -2.27. The van der Waals surface area contributed by atoms with E-state index in [1.165, 1.54) is 0 Å². The third kappa shape index (κ3) is 4.02. The number of carbonyl (C=O) groups is 1. The summed E-state index contributed by atoms with van der Waals surface area (Å²) in [5, 5.41) is 8.46. The van der Waals surface area contributed by atoms with Crippen molar-refractivity contribution < 1.29 is 14.3 Å². The number of ether oxygens (including phenoxy) is 2. The van der Waals surface area contributed by atoms with Crippen LogP contribution in [0, 0.1) is 6.92 Å². The highest BCUT2D eigenvalue weighted by Gasteiger charge is 2.20. The summed E-state index contributed by atoms with van der Waals surface area (Å²) in [5.74, 6) is 1.26. The van der Waals surface area contributed by atoms with Crippen LogP contribution in [-0.2, 0) is 6.54 Å². The van der Waals surface area contributed by atoms with E-state index in [0.29, 0.717) is 30.2 Å². The van der Waals surface area contributed by atoms with Gasteiger partial charge in [0.05, 0.1) is 28.5 Å². The molecule has 1 amide bonds. The van der Waals surface area contributed by atoms with Crippen molar-refractivity contribution in [2.75, 3.05) is 13.2 Å². The predicted molar refractivity (Wildman–Crippen MR) is 127 cm³/mol. The van der Waals surface area contributed by atoms with E-state index in [4.69, 9.17) is 14.5 Å². The van der Waals surface area contributed by atoms with Gasteiger partial charge in [0, 0.05) is 29.3 Å². The molecule has 7 heteroatoms. The molecule has 0 saturated heterocycles. The summed E-state index contributed by atoms with van der Waals surface area (Å²) in [5.41, 5.74) is 4.85. The summed E-state index contributed by atoms with van der Waals surface area (Å²) >= 11 is 0. The van der Waals surface area contributed by atoms with Crippen molar-refractivity contribution in [1.29, 1.82) is 0 Å². The molecule has 0 fully saturated rings. The molecule has 0 spiro atoms. The highest BCUT2D eigenvalue weighted by Crippen LogP contribution is 2.35. The number of para-hydroxylation sites is 1. The lowest BCUT2D eigenvalue weighted by Gasteiger charge is -2.19. The largest absolute Gasteiger partial charge is 0.486 e. The van der Waals surface area contributed by atoms with E-state index in [2.05, 4.69) is 10.4 Å². The predicted octanol–water partition coefficient (Wildman–Crippen LogP) is 4.69. The van der Waals surface area contributed by atoms with Crippen molar-refractivity contribution in [3.8, 4) is 22.8 Å². The normalized spacial score (nSPS) is 13.7. The van der Waals surface area contributed by atoms with Crippen LogP contribution < -0.4 is 14.8 Å². The van der Waals surface area contributed by atoms with E-state index in [1.807, 2.05) is 80.2 Å². The summed E-state index contributed by atoms with van der Waals surface area (Å²) in [4.78, 5) is 18.2. The van der Waals surface area contributed by atoms with E-state index in [1.54, 1.807) is 0 Å². The molecule has 1 aliphatic rings. The topological polar surface area (TPSA) is 78.3 Å². The van der Waals surface area contributed by atoms with E-state index < -0.39 is 0 Å². The molecule has 1 atom stereocenters. The molecule has 0 saturated carbocycles. The lowest BCUT2D eigenvalue weighted by atomic mass is 10.0. The zero-order valence-electron chi connectivity index (χ0n) is 19.0. The molecule has 2 aromatic carbocycles. The molecular weight excluding hydrogens is 416 g/mol. The van der Waals surface area contributed by atoms with Gasteiger partial charge in [-0.3, -0.25) is 9.48 Å². The number of hydrogen-bond acceptors (Lipinski definition) is 5. The Bertz CT molecular complexity index is 1340. The van der Waals surface area contributed by atoms with Gasteiger partial charge in [0.2, 0.25) is 0 Å². The Kier molecular flexibility index (Phi) is 5.46. The van der Waals surface area contributed by atoms with Crippen molar-refractivity contribution >= 4 is 16.8 Å². The second-order valence-electron chi connectivity index (χ2n) is 8.15. The van der Waals surface area contributed by atoms with E-state index in [-0.39, 0.29) is 11.9 Å². The van der Waals surface area contributed by atoms with Gasteiger partial charge in [0.15, 0.2) is 11.5 Å². The summed E-state index contributed by atoms with van der Waals surface area (Å²) in [6.45, 7) is 7.83. The van der Waals surface area contributed by atoms with Crippen LogP contribution in [-0.4, -0.2) is 33.9 Å². The first-order valence-corrected chi connectivity index (χ1v) is 11.2. The Balaban J connectivity index is 1.52. The first kappa shape index (κ1) is 21.0. The first-order chi connectivity index (χ1) is 16.0. The van der Waals surface area contributed by atoms with E-state index in [0.717, 1.165) is 40.0 Å². The number of fused-ring (bicyclic) bond motifs is 2. The smallest absolute Gasteiger partial charge is 0.252 e. The molecular formula is C26H26N4O3. The highest BCUT2D eigenvalue weighted by molar-refractivity contribution is 6.07. The standard InChI is InChI=1S/C26H26N4O3/c1-4-30-15-21(17(3)29-30)16(2)27-26(31)20-14-23(28-22-8-6-5-7-19(20)22)18-9-10-24-25(13-18)33-12-11-32-24/h5-10,13-16H,4,11-12H2,1-3H3,(H,27,31). The van der Waals surface area contributed by atoms with Crippen LogP contribution in [0.25, 0.3) is 22.2 Å². The first-order valence-electron chi connectivity index (χ1n) is 11.2. The molecule has 168 valence electrons. The van der Waals surface area contributed by atoms with Gasteiger partial charge < -0.3 is 14.8 Å². The number of hydrogen-bond donors (Lipinski definition) is 1. The number of aromatic nitrogens is 3. The summed E-state index contributed by atoms with van der Waals surface area (Å²) in [6, 6.07) is 15.1. The van der Waals surface area contributed by atoms with Crippen molar-refractivity contribution in [2.24, 2.45) is 0 Å². The average Bonchev–Trinajstić information content (AvgIpc) is 3.23. The Hall–Kier alpha value is -3.87. The van der Waals surface area contributed by atoms with Crippen molar-refractivity contribution in [3.05, 3.63) is 71.5 Å². The SMILES string of the molecule is CCn1cc(C(C)NC(=O)c2cc(-c3ccc4c(c3)OCCO4)nc3ccccc23)c(C)n1. The quantitative estimate of drug-likeness (QED) is 0.485. The molecule has 0 aliphatic carbocycles. The number of pyridine rings is 1. The molecule has 1 aliphatic heterocycles. The molecule has 3 heterocycles. The van der Waals surface area contributed by atoms with Gasteiger partial charge in [0.25, 0.3) is 5.91 Å². The van der Waals surface area contributed by atoms with Crippen LogP contribution >= 0.6 is 0 Å². The number of amides is 1. The third-order valence-corrected chi connectivity index (χ3v) is 5.92. The average molecular weight is 443 g/mol. The van der Waals surface area contributed by atoms with E-state index >= 15 is 0 Å². The van der Waals surface area contributed by atoms with Crippen LogP contribution in [0.2, 0.25) is 0 Å². The summed E-state index contributed by atoms with van der Waals surface area (Å²) < 4.78 is 13.3. The second-order valence-corrected chi connectivity index (χ2v) is 8.15. The Labute approximate surface area is 192 Å². The van der Waals surface area contributed by atoms with E-state index in [9.17, 15) is 4.79 Å². The molecule has 7 nitrogen and oxygen atoms in total. The number of carbonyl (C=O) groups excluding carboxylic acids is 1. The van der Waals surface area contributed by atoms with Gasteiger partial charge in [-0.2, -0.15) is 5.10 Å². The number of benzene rings is 2. The van der Waals surface area contributed by atoms with Crippen molar-refractivity contribution in [3.63, 3.8) is 0 Å². The molecule has 5 rings (SSSR count). The summed E-state index contributed by atoms with van der Waals surface area (Å²) in [6.07, 6.45) is 1.99. The number of nitrogens with zero attached hydrogens (tertiary/aromatic N) is 3. The maximum atomic E-state index is 13.4. The fraction of sp³-hybridized carbons (Fsp3) is 0.269. The molecule has 0 bridgehead atoms. The third-order valence-electron chi connectivity index (χ3n) is 5.92. The Morgan fingerprint density at radius 3 is 2.70 bits per heavy atom. The fourth-order valence-corrected chi connectivity index (χ4v) is 4.19. The maximum Gasteiger partial charge on any atom is 0.252 e. The zero-order valence-corrected chi connectivity index (χ0v) is 19.0. The van der Waals surface area contributed by atoms with Crippen molar-refractivity contribution in [1.82, 2.24) is 20.1 Å². The molecule has 1 unspecified atom stereocenters. The van der Waals surface area contributed by atoms with Gasteiger partial charge in [-0.15, -0.1) is 0 Å². The van der Waals surface area contributed by atoms with Crippen LogP contribution in [0.4, 0.5) is 0 Å². The van der Waals surface area contributed by atoms with Crippen LogP contribution in [0.5, 0.6) is 11.5 Å². The van der Waals surface area contributed by atoms with Gasteiger partial charge in [-0.1, -0.05) is 18.2 Å². The van der Waals surface area contributed by atoms with Crippen molar-refractivity contribution in [2.45, 2.75) is 33.4 Å². The maximum absolute atomic E-state index is 13.4. The monoisotopic (exact) mass is 442 g/mol. The summed E-state index contributed by atoms with van der Waals surface area (Å²) in [7, 11) is 0. The highest BCUT2D eigenvalue weighted by atomic mass is 16.6. The molecule has 4 aromatic rings. The zero-order chi connectivity index (χ0) is 22.9. The second kappa shape index (κ2) is 8.58. The Morgan fingerprint density at radius 2 is 1.91 bits per heavy atom. The molecule has 2 aromatic heterocycles. The molecule has 1 N–H and O–H groups in total. The molecule has 0 radical (unpaired) electrons. The minimum Gasteiger partial charge on any atom is -0.486 e. The minimum atomic E-state index is -0.178. The number of rotatable bonds is 5. The minimum absolute atomic E-state index is 0.149. The van der Waals surface area contributed by atoms with Gasteiger partial charge >= 0.3 is 0 Å². The number of nitrogens with one attached hydrogen (secondary N) is 1. The van der Waals surface area contributed by atoms with Crippen LogP contribution in [0.1, 0.15) is 41.5 Å². The Morgan fingerprint density at radius 1 is 1.12 bits per heavy atom. The molecule has 33 heavy (non-hydrogen) atoms. The van der Waals surface area contributed by atoms with Gasteiger partial charge in [-0.05, 0) is 51.1 Å². The van der Waals surface area contributed by atoms with Gasteiger partial charge in [-0.25, -0.2) is 4.98 Å². The lowest BCUT2D eigenvalue weighted by molar-refractivity contribution is 0.0941.